The average molecular weight is 458 g/mol. The topological polar surface area (TPSA) is 69.4 Å². The van der Waals surface area contributed by atoms with Crippen molar-refractivity contribution in [2.45, 2.75) is 35.7 Å². The summed E-state index contributed by atoms with van der Waals surface area (Å²) in [4.78, 5) is 0. The van der Waals surface area contributed by atoms with Crippen molar-refractivity contribution in [1.82, 2.24) is 14.8 Å². The van der Waals surface area contributed by atoms with E-state index in [1.54, 1.807) is 26.0 Å². The standard InChI is InChI=1S/C23H24ClN3O3S/c1-29-18-5-3-4-15(20(18)30-2)21-16-12-14(24)8-9-17(16)27-22(13-6-7-13)25-26-23(27)19(31-21)10-11-28/h3-5,8-9,12-13,19,21,28H,6-7,10-11H2,1-2H3/t19-,21-/m0/s1. The minimum absolute atomic E-state index is 0.0305. The average Bonchev–Trinajstić information content (AvgIpc) is 3.56. The van der Waals surface area contributed by atoms with Crippen LogP contribution in [-0.4, -0.2) is 40.7 Å². The Balaban J connectivity index is 1.76. The van der Waals surface area contributed by atoms with Gasteiger partial charge in [0.2, 0.25) is 0 Å². The molecule has 1 aliphatic heterocycles. The zero-order valence-electron chi connectivity index (χ0n) is 17.4. The molecule has 0 spiro atoms. The lowest BCUT2D eigenvalue weighted by atomic mass is 10.0. The molecule has 1 aliphatic carbocycles. The van der Waals surface area contributed by atoms with Crippen molar-refractivity contribution in [3.8, 4) is 17.2 Å². The van der Waals surface area contributed by atoms with E-state index >= 15 is 0 Å². The highest BCUT2D eigenvalue weighted by Crippen LogP contribution is 2.54. The molecule has 8 heteroatoms. The van der Waals surface area contributed by atoms with E-state index in [9.17, 15) is 5.11 Å². The minimum atomic E-state index is -0.0796. The lowest BCUT2D eigenvalue weighted by molar-refractivity contribution is 0.286. The quantitative estimate of drug-likeness (QED) is 0.557. The van der Waals surface area contributed by atoms with Crippen LogP contribution in [0.3, 0.4) is 0 Å². The maximum absolute atomic E-state index is 9.83. The Morgan fingerprint density at radius 3 is 2.61 bits per heavy atom. The molecule has 0 amide bonds. The number of halogens is 1. The molecule has 1 fully saturated rings. The highest BCUT2D eigenvalue weighted by atomic mass is 35.5. The Kier molecular flexibility index (Phi) is 5.58. The van der Waals surface area contributed by atoms with Crippen molar-refractivity contribution in [2.24, 2.45) is 0 Å². The van der Waals surface area contributed by atoms with Crippen molar-refractivity contribution in [2.75, 3.05) is 20.8 Å². The van der Waals surface area contributed by atoms with Gasteiger partial charge in [-0.2, -0.15) is 0 Å². The fourth-order valence-electron chi connectivity index (χ4n) is 4.28. The van der Waals surface area contributed by atoms with Crippen LogP contribution < -0.4 is 9.47 Å². The molecule has 0 unspecified atom stereocenters. The van der Waals surface area contributed by atoms with E-state index in [1.807, 2.05) is 24.3 Å². The molecular weight excluding hydrogens is 434 g/mol. The number of ether oxygens (including phenoxy) is 2. The van der Waals surface area contributed by atoms with Crippen LogP contribution in [0.25, 0.3) is 5.69 Å². The molecule has 0 bridgehead atoms. The first kappa shape index (κ1) is 20.7. The van der Waals surface area contributed by atoms with Gasteiger partial charge in [0.25, 0.3) is 0 Å². The number of nitrogens with zero attached hydrogens (tertiary/aromatic N) is 3. The summed E-state index contributed by atoms with van der Waals surface area (Å²) >= 11 is 8.22. The van der Waals surface area contributed by atoms with Gasteiger partial charge in [0.05, 0.1) is 30.4 Å². The number of hydrogen-bond acceptors (Lipinski definition) is 6. The minimum Gasteiger partial charge on any atom is -0.493 e. The maximum Gasteiger partial charge on any atom is 0.165 e. The Morgan fingerprint density at radius 2 is 1.90 bits per heavy atom. The van der Waals surface area contributed by atoms with Crippen LogP contribution >= 0.6 is 23.4 Å². The first-order valence-electron chi connectivity index (χ1n) is 10.4. The third kappa shape index (κ3) is 3.58. The van der Waals surface area contributed by atoms with Crippen molar-refractivity contribution >= 4 is 23.4 Å². The summed E-state index contributed by atoms with van der Waals surface area (Å²) in [6, 6.07) is 11.9. The largest absolute Gasteiger partial charge is 0.493 e. The molecule has 31 heavy (non-hydrogen) atoms. The van der Waals surface area contributed by atoms with E-state index in [0.717, 1.165) is 41.3 Å². The summed E-state index contributed by atoms with van der Waals surface area (Å²) in [5.41, 5.74) is 3.12. The number of benzene rings is 2. The fourth-order valence-corrected chi connectivity index (χ4v) is 5.97. The van der Waals surface area contributed by atoms with Gasteiger partial charge in [0, 0.05) is 23.1 Å². The van der Waals surface area contributed by atoms with E-state index in [4.69, 9.17) is 21.1 Å². The van der Waals surface area contributed by atoms with Gasteiger partial charge < -0.3 is 14.6 Å². The predicted octanol–water partition coefficient (Wildman–Crippen LogP) is 5.08. The molecule has 0 radical (unpaired) electrons. The van der Waals surface area contributed by atoms with Gasteiger partial charge in [-0.15, -0.1) is 22.0 Å². The van der Waals surface area contributed by atoms with Crippen LogP contribution in [0.5, 0.6) is 11.5 Å². The van der Waals surface area contributed by atoms with Crippen LogP contribution in [0.1, 0.15) is 58.5 Å². The molecule has 2 heterocycles. The van der Waals surface area contributed by atoms with E-state index in [1.165, 1.54) is 0 Å². The van der Waals surface area contributed by atoms with E-state index in [0.29, 0.717) is 28.9 Å². The zero-order chi connectivity index (χ0) is 21.5. The first-order valence-corrected chi connectivity index (χ1v) is 11.7. The Bertz CT molecular complexity index is 1120. The van der Waals surface area contributed by atoms with E-state index in [2.05, 4.69) is 26.9 Å². The molecule has 1 aromatic heterocycles. The number of rotatable bonds is 6. The van der Waals surface area contributed by atoms with Gasteiger partial charge in [0.15, 0.2) is 17.3 Å². The number of fused-ring (bicyclic) bond motifs is 3. The molecular formula is C23H24ClN3O3S. The molecule has 6 nitrogen and oxygen atoms in total. The second kappa shape index (κ2) is 8.37. The summed E-state index contributed by atoms with van der Waals surface area (Å²) in [7, 11) is 3.30. The second-order valence-corrected chi connectivity index (χ2v) is 9.58. The number of methoxy groups -OCH3 is 2. The van der Waals surface area contributed by atoms with Crippen LogP contribution in [0, 0.1) is 0 Å². The third-order valence-electron chi connectivity index (χ3n) is 5.86. The van der Waals surface area contributed by atoms with Gasteiger partial charge in [-0.1, -0.05) is 23.7 Å². The zero-order valence-corrected chi connectivity index (χ0v) is 19.0. The van der Waals surface area contributed by atoms with Crippen molar-refractivity contribution in [3.63, 3.8) is 0 Å². The van der Waals surface area contributed by atoms with Gasteiger partial charge in [-0.3, -0.25) is 4.57 Å². The molecule has 2 aliphatic rings. The van der Waals surface area contributed by atoms with Crippen LogP contribution in [0.2, 0.25) is 5.02 Å². The number of aliphatic hydroxyl groups excluding tert-OH is 1. The van der Waals surface area contributed by atoms with Gasteiger partial charge in [0.1, 0.15) is 5.82 Å². The summed E-state index contributed by atoms with van der Waals surface area (Å²) < 4.78 is 13.5. The molecule has 1 saturated carbocycles. The Hall–Kier alpha value is -2.22. The molecule has 1 N–H and O–H groups in total. The maximum atomic E-state index is 9.83. The normalized spacial score (nSPS) is 20.0. The van der Waals surface area contributed by atoms with Crippen LogP contribution in [-0.2, 0) is 0 Å². The highest BCUT2D eigenvalue weighted by Gasteiger charge is 2.38. The predicted molar refractivity (Wildman–Crippen MR) is 122 cm³/mol. The lowest BCUT2D eigenvalue weighted by Crippen LogP contribution is -2.08. The molecule has 2 aromatic carbocycles. The monoisotopic (exact) mass is 457 g/mol. The first-order chi connectivity index (χ1) is 15.2. The molecule has 0 saturated heterocycles. The van der Waals surface area contributed by atoms with E-state index in [-0.39, 0.29) is 17.1 Å². The fraction of sp³-hybridized carbons (Fsp3) is 0.391. The Labute approximate surface area is 190 Å². The van der Waals surface area contributed by atoms with Gasteiger partial charge >= 0.3 is 0 Å². The SMILES string of the molecule is COc1cccc([C@@H]2S[C@@H](CCO)c3nnc(C4CC4)n3-c3ccc(Cl)cc32)c1OC. The highest BCUT2D eigenvalue weighted by molar-refractivity contribution is 8.00. The van der Waals surface area contributed by atoms with Gasteiger partial charge in [-0.05, 0) is 49.1 Å². The van der Waals surface area contributed by atoms with Gasteiger partial charge in [-0.25, -0.2) is 0 Å². The molecule has 162 valence electrons. The van der Waals surface area contributed by atoms with Crippen LogP contribution in [0.15, 0.2) is 36.4 Å². The lowest BCUT2D eigenvalue weighted by Gasteiger charge is -2.23. The summed E-state index contributed by atoms with van der Waals surface area (Å²) in [6.45, 7) is 0.0718. The molecule has 3 aromatic rings. The number of aromatic nitrogens is 3. The number of thioether (sulfide) groups is 1. The van der Waals surface area contributed by atoms with Crippen LogP contribution in [0.4, 0.5) is 0 Å². The molecule has 2 atom stereocenters. The number of aliphatic hydroxyl groups is 1. The van der Waals surface area contributed by atoms with Crippen molar-refractivity contribution in [3.05, 3.63) is 64.2 Å². The summed E-state index contributed by atoms with van der Waals surface area (Å²) in [6.07, 6.45) is 2.84. The number of hydrogen-bond donors (Lipinski definition) is 1. The van der Waals surface area contributed by atoms with Crippen molar-refractivity contribution < 1.29 is 14.6 Å². The molecule has 5 rings (SSSR count). The van der Waals surface area contributed by atoms with E-state index < -0.39 is 0 Å². The van der Waals surface area contributed by atoms with Crippen molar-refractivity contribution in [1.29, 1.82) is 0 Å². The summed E-state index contributed by atoms with van der Waals surface area (Å²) in [5, 5.41) is 19.5. The summed E-state index contributed by atoms with van der Waals surface area (Å²) in [5.74, 6) is 3.71. The Morgan fingerprint density at radius 1 is 1.10 bits per heavy atom. The smallest absolute Gasteiger partial charge is 0.165 e. The number of para-hydroxylation sites is 1. The third-order valence-corrected chi connectivity index (χ3v) is 7.65. The second-order valence-electron chi connectivity index (χ2n) is 7.83.